The second-order valence-electron chi connectivity index (χ2n) is 4.19. The third-order valence-electron chi connectivity index (χ3n) is 2.77. The monoisotopic (exact) mass is 257 g/mol. The van der Waals surface area contributed by atoms with Crippen molar-refractivity contribution in [3.63, 3.8) is 0 Å². The first kappa shape index (κ1) is 12.6. The zero-order valence-electron chi connectivity index (χ0n) is 10.6. The fraction of sp³-hybridized carbons (Fsp3) is 0.286. The number of aromatic nitrogens is 1. The van der Waals surface area contributed by atoms with Gasteiger partial charge in [0.1, 0.15) is 11.9 Å². The molecule has 0 radical (unpaired) electrons. The first-order valence-corrected chi connectivity index (χ1v) is 6.70. The molecule has 2 rings (SSSR count). The number of pyridine rings is 1. The van der Waals surface area contributed by atoms with E-state index in [2.05, 4.69) is 28.6 Å². The maximum Gasteiger partial charge on any atom is 0.146 e. The van der Waals surface area contributed by atoms with Crippen LogP contribution >= 0.6 is 11.3 Å². The van der Waals surface area contributed by atoms with Gasteiger partial charge in [0.15, 0.2) is 0 Å². The highest BCUT2D eigenvalue weighted by Gasteiger charge is 2.09. The Kier molecular flexibility index (Phi) is 3.96. The normalized spacial score (nSPS) is 10.1. The number of hydrogen-bond donors (Lipinski definition) is 0. The van der Waals surface area contributed by atoms with Crippen molar-refractivity contribution < 1.29 is 0 Å². The SMILES string of the molecule is Cc1ccc(C#N)c(N(C)CCc2cccs2)n1. The van der Waals surface area contributed by atoms with Gasteiger partial charge in [0.25, 0.3) is 0 Å². The minimum atomic E-state index is 0.634. The molecule has 0 saturated heterocycles. The summed E-state index contributed by atoms with van der Waals surface area (Å²) in [7, 11) is 1.98. The molecule has 18 heavy (non-hydrogen) atoms. The van der Waals surface area contributed by atoms with Crippen LogP contribution in [0.25, 0.3) is 0 Å². The Labute approximate surface area is 111 Å². The van der Waals surface area contributed by atoms with Gasteiger partial charge in [-0.25, -0.2) is 4.98 Å². The van der Waals surface area contributed by atoms with Gasteiger partial charge in [-0.1, -0.05) is 6.07 Å². The molecule has 2 heterocycles. The molecular weight excluding hydrogens is 242 g/mol. The largest absolute Gasteiger partial charge is 0.358 e. The average Bonchev–Trinajstić information content (AvgIpc) is 2.89. The maximum absolute atomic E-state index is 9.10. The summed E-state index contributed by atoms with van der Waals surface area (Å²) in [6, 6.07) is 10.1. The minimum absolute atomic E-state index is 0.634. The van der Waals surface area contributed by atoms with Gasteiger partial charge in [-0.05, 0) is 36.9 Å². The Morgan fingerprint density at radius 3 is 2.89 bits per heavy atom. The first-order valence-electron chi connectivity index (χ1n) is 5.82. The lowest BCUT2D eigenvalue weighted by atomic mass is 10.2. The van der Waals surface area contributed by atoms with E-state index in [1.807, 2.05) is 31.0 Å². The third kappa shape index (κ3) is 2.88. The quantitative estimate of drug-likeness (QED) is 0.845. The minimum Gasteiger partial charge on any atom is -0.358 e. The molecule has 0 aliphatic carbocycles. The standard InChI is InChI=1S/C14H15N3S/c1-11-5-6-12(10-15)14(16-11)17(2)8-7-13-4-3-9-18-13/h3-6,9H,7-8H2,1-2H3. The molecule has 0 aliphatic heterocycles. The zero-order valence-corrected chi connectivity index (χ0v) is 11.4. The van der Waals surface area contributed by atoms with Crippen molar-refractivity contribution in [2.75, 3.05) is 18.5 Å². The fourth-order valence-electron chi connectivity index (χ4n) is 1.76. The van der Waals surface area contributed by atoms with Crippen LogP contribution in [-0.2, 0) is 6.42 Å². The van der Waals surface area contributed by atoms with Crippen LogP contribution in [-0.4, -0.2) is 18.6 Å². The first-order chi connectivity index (χ1) is 8.70. The van der Waals surface area contributed by atoms with Gasteiger partial charge < -0.3 is 4.90 Å². The second kappa shape index (κ2) is 5.65. The second-order valence-corrected chi connectivity index (χ2v) is 5.22. The summed E-state index contributed by atoms with van der Waals surface area (Å²) < 4.78 is 0. The summed E-state index contributed by atoms with van der Waals surface area (Å²) >= 11 is 1.76. The average molecular weight is 257 g/mol. The number of nitriles is 1. The van der Waals surface area contributed by atoms with Gasteiger partial charge in [-0.3, -0.25) is 0 Å². The van der Waals surface area contributed by atoms with E-state index >= 15 is 0 Å². The molecule has 92 valence electrons. The van der Waals surface area contributed by atoms with Crippen LogP contribution in [0, 0.1) is 18.3 Å². The lowest BCUT2D eigenvalue weighted by molar-refractivity contribution is 0.863. The highest BCUT2D eigenvalue weighted by atomic mass is 32.1. The summed E-state index contributed by atoms with van der Waals surface area (Å²) in [6.07, 6.45) is 0.981. The van der Waals surface area contributed by atoms with E-state index in [0.717, 1.165) is 24.5 Å². The molecule has 0 atom stereocenters. The van der Waals surface area contributed by atoms with Crippen LogP contribution in [0.5, 0.6) is 0 Å². The van der Waals surface area contributed by atoms with E-state index in [1.54, 1.807) is 11.3 Å². The molecule has 0 saturated carbocycles. The Morgan fingerprint density at radius 2 is 2.22 bits per heavy atom. The molecule has 0 aromatic carbocycles. The molecular formula is C14H15N3S. The molecule has 0 spiro atoms. The molecule has 2 aromatic rings. The third-order valence-corrected chi connectivity index (χ3v) is 3.71. The molecule has 0 amide bonds. The number of hydrogen-bond acceptors (Lipinski definition) is 4. The Balaban J connectivity index is 2.11. The highest BCUT2D eigenvalue weighted by molar-refractivity contribution is 7.09. The van der Waals surface area contributed by atoms with Crippen molar-refractivity contribution in [2.45, 2.75) is 13.3 Å². The van der Waals surface area contributed by atoms with Gasteiger partial charge in [-0.15, -0.1) is 11.3 Å². The van der Waals surface area contributed by atoms with Crippen molar-refractivity contribution in [1.82, 2.24) is 4.98 Å². The van der Waals surface area contributed by atoms with Crippen molar-refractivity contribution in [2.24, 2.45) is 0 Å². The highest BCUT2D eigenvalue weighted by Crippen LogP contribution is 2.17. The Morgan fingerprint density at radius 1 is 1.39 bits per heavy atom. The van der Waals surface area contributed by atoms with Gasteiger partial charge >= 0.3 is 0 Å². The zero-order chi connectivity index (χ0) is 13.0. The van der Waals surface area contributed by atoms with E-state index in [-0.39, 0.29) is 0 Å². The molecule has 0 N–H and O–H groups in total. The number of aryl methyl sites for hydroxylation is 1. The van der Waals surface area contributed by atoms with E-state index in [9.17, 15) is 0 Å². The van der Waals surface area contributed by atoms with Crippen LogP contribution < -0.4 is 4.90 Å². The number of anilines is 1. The van der Waals surface area contributed by atoms with E-state index < -0.39 is 0 Å². The summed E-state index contributed by atoms with van der Waals surface area (Å²) in [4.78, 5) is 7.85. The molecule has 2 aromatic heterocycles. The van der Waals surface area contributed by atoms with Crippen molar-refractivity contribution in [1.29, 1.82) is 5.26 Å². The van der Waals surface area contributed by atoms with Gasteiger partial charge in [-0.2, -0.15) is 5.26 Å². The summed E-state index contributed by atoms with van der Waals surface area (Å²) in [5.74, 6) is 0.772. The smallest absolute Gasteiger partial charge is 0.146 e. The Hall–Kier alpha value is -1.86. The van der Waals surface area contributed by atoms with Crippen LogP contribution in [0.3, 0.4) is 0 Å². The lowest BCUT2D eigenvalue weighted by Crippen LogP contribution is -2.22. The number of nitrogens with zero attached hydrogens (tertiary/aromatic N) is 3. The van der Waals surface area contributed by atoms with Crippen molar-refractivity contribution in [3.05, 3.63) is 45.8 Å². The molecule has 0 bridgehead atoms. The number of rotatable bonds is 4. The molecule has 4 heteroatoms. The van der Waals surface area contributed by atoms with Crippen molar-refractivity contribution >= 4 is 17.2 Å². The summed E-state index contributed by atoms with van der Waals surface area (Å²) in [6.45, 7) is 2.81. The van der Waals surface area contributed by atoms with Gasteiger partial charge in [0.05, 0.1) is 5.56 Å². The molecule has 0 unspecified atom stereocenters. The lowest BCUT2D eigenvalue weighted by Gasteiger charge is -2.19. The van der Waals surface area contributed by atoms with Gasteiger partial charge in [0.2, 0.25) is 0 Å². The van der Waals surface area contributed by atoms with Gasteiger partial charge in [0, 0.05) is 24.2 Å². The van der Waals surface area contributed by atoms with Crippen LogP contribution in [0.15, 0.2) is 29.6 Å². The summed E-state index contributed by atoms with van der Waals surface area (Å²) in [5, 5.41) is 11.2. The van der Waals surface area contributed by atoms with E-state index in [4.69, 9.17) is 5.26 Å². The van der Waals surface area contributed by atoms with Crippen LogP contribution in [0.4, 0.5) is 5.82 Å². The van der Waals surface area contributed by atoms with E-state index in [1.165, 1.54) is 4.88 Å². The number of likely N-dealkylation sites (N-methyl/N-ethyl adjacent to an activating group) is 1. The van der Waals surface area contributed by atoms with Crippen molar-refractivity contribution in [3.8, 4) is 6.07 Å². The maximum atomic E-state index is 9.10. The number of thiophene rings is 1. The summed E-state index contributed by atoms with van der Waals surface area (Å²) in [5.41, 5.74) is 1.57. The Bertz CT molecular complexity index is 555. The van der Waals surface area contributed by atoms with Crippen LogP contribution in [0.2, 0.25) is 0 Å². The molecule has 3 nitrogen and oxygen atoms in total. The predicted octanol–water partition coefficient (Wildman–Crippen LogP) is 3.00. The molecule has 0 fully saturated rings. The van der Waals surface area contributed by atoms with E-state index in [0.29, 0.717) is 5.56 Å². The molecule has 0 aliphatic rings. The fourth-order valence-corrected chi connectivity index (χ4v) is 2.46. The van der Waals surface area contributed by atoms with Crippen LogP contribution in [0.1, 0.15) is 16.1 Å². The predicted molar refractivity (Wildman–Crippen MR) is 75.0 cm³/mol. The topological polar surface area (TPSA) is 39.9 Å².